The summed E-state index contributed by atoms with van der Waals surface area (Å²) < 4.78 is 21.2. The molecule has 0 radical (unpaired) electrons. The molecule has 0 aromatic heterocycles. The van der Waals surface area contributed by atoms with Crippen LogP contribution < -0.4 is 5.73 Å². The topological polar surface area (TPSA) is 64.8 Å². The fourth-order valence-corrected chi connectivity index (χ4v) is 0.764. The Bertz CT molecular complexity index is 187. The Labute approximate surface area is 63.5 Å². The van der Waals surface area contributed by atoms with Crippen molar-refractivity contribution in [1.29, 1.82) is 0 Å². The lowest BCUT2D eigenvalue weighted by Gasteiger charge is -2.11. The van der Waals surface area contributed by atoms with Gasteiger partial charge in [-0.15, -0.1) is 0 Å². The van der Waals surface area contributed by atoms with E-state index in [0.717, 1.165) is 0 Å². The van der Waals surface area contributed by atoms with Gasteiger partial charge in [0.15, 0.2) is 5.60 Å². The van der Waals surface area contributed by atoms with Gasteiger partial charge in [-0.1, -0.05) is 0 Å². The third-order valence-corrected chi connectivity index (χ3v) is 1.82. The number of methoxy groups -OCH3 is 1. The molecule has 0 amide bonds. The molecule has 4 nitrogen and oxygen atoms in total. The van der Waals surface area contributed by atoms with E-state index in [-0.39, 0.29) is 0 Å². The monoisotopic (exact) mass is 163 g/mol. The summed E-state index contributed by atoms with van der Waals surface area (Å²) in [6.07, 6.45) is -1.45. The predicted molar refractivity (Wildman–Crippen MR) is 34.4 cm³/mol. The zero-order chi connectivity index (χ0) is 8.65. The molecular formula is C6H10FNO3. The van der Waals surface area contributed by atoms with E-state index in [9.17, 15) is 9.18 Å². The highest BCUT2D eigenvalue weighted by Crippen LogP contribution is 2.39. The van der Waals surface area contributed by atoms with Gasteiger partial charge in [0.2, 0.25) is 6.36 Å². The second-order valence-corrected chi connectivity index (χ2v) is 2.62. The summed E-state index contributed by atoms with van der Waals surface area (Å²) in [5.41, 5.74) is 4.14. The summed E-state index contributed by atoms with van der Waals surface area (Å²) in [5, 5.41) is 0. The molecule has 1 heterocycles. The van der Waals surface area contributed by atoms with Crippen molar-refractivity contribution in [3.8, 4) is 0 Å². The van der Waals surface area contributed by atoms with Crippen molar-refractivity contribution in [2.75, 3.05) is 7.11 Å². The van der Waals surface area contributed by atoms with E-state index in [0.29, 0.717) is 0 Å². The van der Waals surface area contributed by atoms with Gasteiger partial charge >= 0.3 is 5.97 Å². The highest BCUT2D eigenvalue weighted by molar-refractivity contribution is 5.77. The molecule has 1 aliphatic heterocycles. The number of hydrogen-bond donors (Lipinski definition) is 1. The lowest BCUT2D eigenvalue weighted by atomic mass is 10.0. The summed E-state index contributed by atoms with van der Waals surface area (Å²) in [7, 11) is 1.20. The molecule has 1 saturated heterocycles. The first kappa shape index (κ1) is 8.42. The van der Waals surface area contributed by atoms with E-state index < -0.39 is 24.0 Å². The minimum atomic E-state index is -1.45. The minimum Gasteiger partial charge on any atom is -0.468 e. The van der Waals surface area contributed by atoms with Gasteiger partial charge in [-0.05, 0) is 6.92 Å². The Morgan fingerprint density at radius 2 is 2.36 bits per heavy atom. The number of nitrogens with two attached hydrogens (primary N) is 1. The van der Waals surface area contributed by atoms with E-state index in [4.69, 9.17) is 5.73 Å². The number of hydrogen-bond acceptors (Lipinski definition) is 4. The molecule has 11 heavy (non-hydrogen) atoms. The Balaban J connectivity index is 2.55. The standard InChI is InChI=1S/C6H10FNO3/c1-6(5(7)11-6)3(8)4(9)10-2/h3,5H,8H2,1-2H3. The number of carbonyl (C=O) groups excluding carboxylic acids is 1. The van der Waals surface area contributed by atoms with Gasteiger partial charge < -0.3 is 15.2 Å². The van der Waals surface area contributed by atoms with Gasteiger partial charge in [0.1, 0.15) is 6.04 Å². The Hall–Kier alpha value is -0.680. The SMILES string of the molecule is COC(=O)C(N)C1(C)OC1F. The third-order valence-electron chi connectivity index (χ3n) is 1.82. The lowest BCUT2D eigenvalue weighted by molar-refractivity contribution is -0.143. The Kier molecular flexibility index (Phi) is 1.85. The summed E-state index contributed by atoms with van der Waals surface area (Å²) in [4.78, 5) is 10.8. The molecule has 2 N–H and O–H groups in total. The molecule has 0 saturated carbocycles. The fourth-order valence-electron chi connectivity index (χ4n) is 0.764. The van der Waals surface area contributed by atoms with Crippen LogP contribution in [0.2, 0.25) is 0 Å². The first-order valence-corrected chi connectivity index (χ1v) is 3.17. The van der Waals surface area contributed by atoms with Crippen molar-refractivity contribution in [2.45, 2.75) is 24.9 Å². The second-order valence-electron chi connectivity index (χ2n) is 2.62. The quantitative estimate of drug-likeness (QED) is 0.443. The van der Waals surface area contributed by atoms with Crippen molar-refractivity contribution in [2.24, 2.45) is 5.73 Å². The molecule has 3 atom stereocenters. The van der Waals surface area contributed by atoms with Gasteiger partial charge in [0.05, 0.1) is 7.11 Å². The van der Waals surface area contributed by atoms with Gasteiger partial charge in [-0.3, -0.25) is 4.79 Å². The fraction of sp³-hybridized carbons (Fsp3) is 0.833. The molecule has 1 fully saturated rings. The van der Waals surface area contributed by atoms with Gasteiger partial charge in [0, 0.05) is 0 Å². The summed E-state index contributed by atoms with van der Waals surface area (Å²) in [6.45, 7) is 1.43. The zero-order valence-electron chi connectivity index (χ0n) is 6.33. The van der Waals surface area contributed by atoms with Crippen LogP contribution in [0.25, 0.3) is 0 Å². The smallest absolute Gasteiger partial charge is 0.325 e. The molecule has 5 heteroatoms. The summed E-state index contributed by atoms with van der Waals surface area (Å²) in [6, 6.07) is -1.04. The Morgan fingerprint density at radius 3 is 2.64 bits per heavy atom. The van der Waals surface area contributed by atoms with Crippen LogP contribution in [0, 0.1) is 0 Å². The van der Waals surface area contributed by atoms with Crippen LogP contribution >= 0.6 is 0 Å². The second kappa shape index (κ2) is 2.42. The van der Waals surface area contributed by atoms with Crippen molar-refractivity contribution >= 4 is 5.97 Å². The van der Waals surface area contributed by atoms with E-state index >= 15 is 0 Å². The number of esters is 1. The normalized spacial score (nSPS) is 38.0. The molecule has 0 bridgehead atoms. The minimum absolute atomic E-state index is 0.660. The summed E-state index contributed by atoms with van der Waals surface area (Å²) >= 11 is 0. The van der Waals surface area contributed by atoms with Crippen LogP contribution in [-0.4, -0.2) is 31.1 Å². The van der Waals surface area contributed by atoms with Gasteiger partial charge in [-0.2, -0.15) is 0 Å². The molecule has 0 aliphatic carbocycles. The third kappa shape index (κ3) is 1.21. The molecule has 0 aromatic carbocycles. The van der Waals surface area contributed by atoms with Crippen LogP contribution in [0.4, 0.5) is 4.39 Å². The lowest BCUT2D eigenvalue weighted by Crippen LogP contribution is -2.44. The van der Waals surface area contributed by atoms with Crippen LogP contribution in [0.15, 0.2) is 0 Å². The van der Waals surface area contributed by atoms with E-state index in [1.54, 1.807) is 0 Å². The molecule has 1 rings (SSSR count). The molecule has 0 spiro atoms. The number of ether oxygens (including phenoxy) is 2. The molecule has 1 aliphatic rings. The first-order valence-electron chi connectivity index (χ1n) is 3.17. The van der Waals surface area contributed by atoms with Gasteiger partial charge in [0.25, 0.3) is 0 Å². The van der Waals surface area contributed by atoms with E-state index in [1.165, 1.54) is 14.0 Å². The van der Waals surface area contributed by atoms with Crippen molar-refractivity contribution in [3.05, 3.63) is 0 Å². The van der Waals surface area contributed by atoms with E-state index in [1.807, 2.05) is 0 Å². The average Bonchev–Trinajstić information content (AvgIpc) is 2.58. The molecule has 0 aromatic rings. The number of epoxide rings is 1. The number of alkyl halides is 1. The highest BCUT2D eigenvalue weighted by Gasteiger charge is 2.60. The average molecular weight is 163 g/mol. The maximum absolute atomic E-state index is 12.4. The maximum Gasteiger partial charge on any atom is 0.325 e. The molecule has 3 unspecified atom stereocenters. The van der Waals surface area contributed by atoms with E-state index in [2.05, 4.69) is 9.47 Å². The highest BCUT2D eigenvalue weighted by atomic mass is 19.2. The van der Waals surface area contributed by atoms with Crippen molar-refractivity contribution < 1.29 is 18.7 Å². The first-order chi connectivity index (χ1) is 5.02. The number of rotatable bonds is 2. The van der Waals surface area contributed by atoms with Crippen molar-refractivity contribution in [1.82, 2.24) is 0 Å². The predicted octanol–water partition coefficient (Wildman–Crippen LogP) is -0.429. The van der Waals surface area contributed by atoms with Crippen LogP contribution in [0.1, 0.15) is 6.92 Å². The largest absolute Gasteiger partial charge is 0.468 e. The maximum atomic E-state index is 12.4. The van der Waals surface area contributed by atoms with Crippen LogP contribution in [-0.2, 0) is 14.3 Å². The van der Waals surface area contributed by atoms with Crippen LogP contribution in [0.5, 0.6) is 0 Å². The van der Waals surface area contributed by atoms with Crippen molar-refractivity contribution in [3.63, 3.8) is 0 Å². The summed E-state index contributed by atoms with van der Waals surface area (Å²) in [5.74, 6) is -0.660. The number of carbonyl (C=O) groups is 1. The molecular weight excluding hydrogens is 153 g/mol. The Morgan fingerprint density at radius 1 is 1.91 bits per heavy atom. The van der Waals surface area contributed by atoms with Crippen LogP contribution in [0.3, 0.4) is 0 Å². The van der Waals surface area contributed by atoms with Gasteiger partial charge in [-0.25, -0.2) is 4.39 Å². The zero-order valence-corrected chi connectivity index (χ0v) is 6.33. The molecule has 64 valence electrons. The number of halogens is 1.